The van der Waals surface area contributed by atoms with E-state index in [0.717, 1.165) is 0 Å². The third-order valence-electron chi connectivity index (χ3n) is 3.66. The molecule has 1 amide bonds. The van der Waals surface area contributed by atoms with E-state index in [1.807, 2.05) is 0 Å². The molecule has 0 aliphatic heterocycles. The molecule has 21 heavy (non-hydrogen) atoms. The summed E-state index contributed by atoms with van der Waals surface area (Å²) in [5.41, 5.74) is 4.26. The number of hydrogen-bond acceptors (Lipinski definition) is 8. The summed E-state index contributed by atoms with van der Waals surface area (Å²) in [6.45, 7) is 0. The number of oxime groups is 1. The number of nitrogens with one attached hydrogen (secondary N) is 1. The summed E-state index contributed by atoms with van der Waals surface area (Å²) in [5, 5.41) is 30.8. The highest BCUT2D eigenvalue weighted by Crippen LogP contribution is 2.36. The number of carbonyl (C=O) groups excluding carboxylic acids is 1. The number of nitrogens with two attached hydrogens (primary N) is 1. The van der Waals surface area contributed by atoms with Crippen molar-refractivity contribution in [1.82, 2.24) is 15.6 Å². The quantitative estimate of drug-likeness (QED) is 0.226. The maximum absolute atomic E-state index is 11.6. The van der Waals surface area contributed by atoms with Gasteiger partial charge in [0.15, 0.2) is 5.84 Å². The summed E-state index contributed by atoms with van der Waals surface area (Å²) in [6.07, 6.45) is 1.99. The van der Waals surface area contributed by atoms with Crippen molar-refractivity contribution in [2.45, 2.75) is 43.4 Å². The molecule has 0 saturated heterocycles. The summed E-state index contributed by atoms with van der Waals surface area (Å²) in [5.74, 6) is -0.543. The lowest BCUT2D eigenvalue weighted by Crippen LogP contribution is -2.52. The normalized spacial score (nSPS) is 26.8. The van der Waals surface area contributed by atoms with Gasteiger partial charge in [-0.15, -0.1) is 0 Å². The molecular formula is C11H15N5O5. The highest BCUT2D eigenvalue weighted by molar-refractivity contribution is 5.96. The van der Waals surface area contributed by atoms with Gasteiger partial charge in [0, 0.05) is 18.9 Å². The van der Waals surface area contributed by atoms with Crippen molar-refractivity contribution in [2.24, 2.45) is 10.9 Å². The van der Waals surface area contributed by atoms with Crippen molar-refractivity contribution in [3.8, 4) is 5.88 Å². The first-order chi connectivity index (χ1) is 10.0. The highest BCUT2D eigenvalue weighted by Gasteiger charge is 2.49. The van der Waals surface area contributed by atoms with Crippen LogP contribution in [0.5, 0.6) is 5.88 Å². The van der Waals surface area contributed by atoms with Crippen molar-refractivity contribution in [1.29, 1.82) is 0 Å². The van der Waals surface area contributed by atoms with Crippen molar-refractivity contribution < 1.29 is 24.5 Å². The minimum Gasteiger partial charge on any atom is -0.470 e. The number of rotatable bonds is 5. The molecule has 0 radical (unpaired) electrons. The molecule has 5 N–H and O–H groups in total. The first-order valence-electron chi connectivity index (χ1n) is 6.52. The number of carbonyl (C=O) groups is 1. The van der Waals surface area contributed by atoms with Crippen LogP contribution in [0.2, 0.25) is 0 Å². The van der Waals surface area contributed by atoms with Gasteiger partial charge in [-0.3, -0.25) is 4.79 Å². The molecule has 1 aromatic rings. The first-order valence-corrected chi connectivity index (χ1v) is 6.52. The molecule has 0 bridgehead atoms. The lowest BCUT2D eigenvalue weighted by molar-refractivity contribution is -0.133. The van der Waals surface area contributed by atoms with Crippen molar-refractivity contribution in [2.75, 3.05) is 0 Å². The van der Waals surface area contributed by atoms with E-state index >= 15 is 0 Å². The lowest BCUT2D eigenvalue weighted by Gasteiger charge is -2.35. The molecule has 2 fully saturated rings. The Balaban J connectivity index is 1.49. The third kappa shape index (κ3) is 2.61. The Kier molecular flexibility index (Phi) is 3.16. The predicted octanol–water partition coefficient (Wildman–Crippen LogP) is -1.29. The number of nitrogens with zero attached hydrogens (tertiary/aromatic N) is 3. The topological polar surface area (TPSA) is 156 Å². The first kappa shape index (κ1) is 13.6. The van der Waals surface area contributed by atoms with Crippen LogP contribution in [0.15, 0.2) is 9.78 Å². The second-order valence-electron chi connectivity index (χ2n) is 5.32. The highest BCUT2D eigenvalue weighted by atomic mass is 16.6. The van der Waals surface area contributed by atoms with Gasteiger partial charge in [-0.2, -0.15) is 0 Å². The van der Waals surface area contributed by atoms with Gasteiger partial charge in [0.25, 0.3) is 11.8 Å². The van der Waals surface area contributed by atoms with E-state index in [9.17, 15) is 9.90 Å². The van der Waals surface area contributed by atoms with E-state index in [4.69, 9.17) is 15.7 Å². The monoisotopic (exact) mass is 297 g/mol. The standard InChI is InChI=1S/C11H15N5O5/c12-8(14-19)7-9(16-21-15-7)20-6-3-5(4-6)13-10(17)11(18)1-2-11/h5-6,18-19H,1-4H2,(H2,12,14)(H,13,17)/t5-,6+. The van der Waals surface area contributed by atoms with Crippen molar-refractivity contribution in [3.63, 3.8) is 0 Å². The molecule has 3 rings (SSSR count). The number of aliphatic hydroxyl groups is 1. The molecule has 1 heterocycles. The Bertz CT molecular complexity index is 575. The Labute approximate surface area is 118 Å². The zero-order valence-electron chi connectivity index (χ0n) is 11.0. The summed E-state index contributed by atoms with van der Waals surface area (Å²) in [4.78, 5) is 11.6. The van der Waals surface area contributed by atoms with Crippen LogP contribution in [-0.4, -0.2) is 50.1 Å². The minimum atomic E-state index is -1.17. The second kappa shape index (κ2) is 4.88. The summed E-state index contributed by atoms with van der Waals surface area (Å²) in [6, 6.07) is -0.0423. The van der Waals surface area contributed by atoms with Gasteiger partial charge in [-0.05, 0) is 23.2 Å². The second-order valence-corrected chi connectivity index (χ2v) is 5.32. The van der Waals surface area contributed by atoms with Gasteiger partial charge in [0.2, 0.25) is 5.69 Å². The fourth-order valence-electron chi connectivity index (χ4n) is 2.06. The van der Waals surface area contributed by atoms with Crippen molar-refractivity contribution >= 4 is 11.7 Å². The Morgan fingerprint density at radius 3 is 2.81 bits per heavy atom. The zero-order chi connectivity index (χ0) is 15.0. The molecule has 0 aromatic carbocycles. The molecule has 10 heteroatoms. The number of aromatic nitrogens is 2. The van der Waals surface area contributed by atoms with Gasteiger partial charge in [0.05, 0.1) is 0 Å². The number of hydrogen-bond donors (Lipinski definition) is 4. The number of amides is 1. The average molecular weight is 297 g/mol. The third-order valence-corrected chi connectivity index (χ3v) is 3.66. The number of ether oxygens (including phenoxy) is 1. The summed E-state index contributed by atoms with van der Waals surface area (Å²) < 4.78 is 9.99. The van der Waals surface area contributed by atoms with Gasteiger partial charge in [-0.25, -0.2) is 4.63 Å². The smallest absolute Gasteiger partial charge is 0.287 e. The molecule has 0 spiro atoms. The van der Waals surface area contributed by atoms with E-state index < -0.39 is 5.60 Å². The minimum absolute atomic E-state index is 0.0253. The Morgan fingerprint density at radius 2 is 2.19 bits per heavy atom. The van der Waals surface area contributed by atoms with Crippen LogP contribution in [-0.2, 0) is 4.79 Å². The van der Waals surface area contributed by atoms with Crippen LogP contribution in [0, 0.1) is 0 Å². The van der Waals surface area contributed by atoms with Crippen LogP contribution in [0.3, 0.4) is 0 Å². The summed E-state index contributed by atoms with van der Waals surface area (Å²) in [7, 11) is 0. The van der Waals surface area contributed by atoms with E-state index in [1.54, 1.807) is 0 Å². The largest absolute Gasteiger partial charge is 0.470 e. The maximum Gasteiger partial charge on any atom is 0.287 e. The van der Waals surface area contributed by atoms with Crippen molar-refractivity contribution in [3.05, 3.63) is 5.69 Å². The van der Waals surface area contributed by atoms with Crippen LogP contribution < -0.4 is 15.8 Å². The molecule has 10 nitrogen and oxygen atoms in total. The van der Waals surface area contributed by atoms with Gasteiger partial charge >= 0.3 is 0 Å². The molecule has 2 saturated carbocycles. The molecule has 2 aliphatic carbocycles. The molecule has 114 valence electrons. The molecule has 0 unspecified atom stereocenters. The molecule has 1 aromatic heterocycles. The fourth-order valence-corrected chi connectivity index (χ4v) is 2.06. The number of amidine groups is 1. The van der Waals surface area contributed by atoms with Gasteiger partial charge < -0.3 is 26.1 Å². The Hall–Kier alpha value is -2.36. The van der Waals surface area contributed by atoms with Crippen LogP contribution in [0.1, 0.15) is 31.4 Å². The van der Waals surface area contributed by atoms with Crippen LogP contribution in [0.4, 0.5) is 0 Å². The predicted molar refractivity (Wildman–Crippen MR) is 66.6 cm³/mol. The SMILES string of the molecule is N/C(=N\O)c1nonc1O[C@H]1C[C@@H](NC(=O)C2(O)CC2)C1. The van der Waals surface area contributed by atoms with E-state index in [-0.39, 0.29) is 35.5 Å². The molecule has 2 aliphatic rings. The van der Waals surface area contributed by atoms with E-state index in [1.165, 1.54) is 0 Å². The van der Waals surface area contributed by atoms with Gasteiger partial charge in [-0.1, -0.05) is 5.16 Å². The van der Waals surface area contributed by atoms with Crippen LogP contribution >= 0.6 is 0 Å². The lowest BCUT2D eigenvalue weighted by atomic mass is 9.89. The van der Waals surface area contributed by atoms with E-state index in [2.05, 4.69) is 25.4 Å². The zero-order valence-corrected chi connectivity index (χ0v) is 11.0. The van der Waals surface area contributed by atoms with Crippen LogP contribution in [0.25, 0.3) is 0 Å². The molecular weight excluding hydrogens is 282 g/mol. The summed E-state index contributed by atoms with van der Waals surface area (Å²) >= 11 is 0. The van der Waals surface area contributed by atoms with E-state index in [0.29, 0.717) is 25.7 Å². The average Bonchev–Trinajstić information content (AvgIpc) is 3.01. The molecule has 0 atom stereocenters. The maximum atomic E-state index is 11.6. The Morgan fingerprint density at radius 1 is 1.48 bits per heavy atom. The fraction of sp³-hybridized carbons (Fsp3) is 0.636. The van der Waals surface area contributed by atoms with Gasteiger partial charge in [0.1, 0.15) is 11.7 Å².